The van der Waals surface area contributed by atoms with Crippen molar-refractivity contribution in [1.29, 1.82) is 0 Å². The molecule has 0 aliphatic carbocycles. The second kappa shape index (κ2) is 12.1. The molecule has 0 saturated carbocycles. The number of unbranched alkanes of at least 4 members (excludes halogenated alkanes) is 4. The van der Waals surface area contributed by atoms with Gasteiger partial charge in [0.05, 0.1) is 13.7 Å². The third kappa shape index (κ3) is 7.26. The van der Waals surface area contributed by atoms with Crippen LogP contribution in [0.5, 0.6) is 17.2 Å². The Morgan fingerprint density at radius 3 is 2.42 bits per heavy atom. The summed E-state index contributed by atoms with van der Waals surface area (Å²) in [5.74, 6) is 2.43. The number of benzene rings is 2. The molecule has 0 fully saturated rings. The van der Waals surface area contributed by atoms with E-state index < -0.39 is 0 Å². The average molecular weight is 357 g/mol. The maximum Gasteiger partial charge on any atom is 0.161 e. The molecule has 2 aromatic rings. The summed E-state index contributed by atoms with van der Waals surface area (Å²) in [5, 5.41) is 3.37. The largest absolute Gasteiger partial charge is 0.494 e. The van der Waals surface area contributed by atoms with Gasteiger partial charge in [0.15, 0.2) is 11.5 Å². The van der Waals surface area contributed by atoms with E-state index in [1.165, 1.54) is 25.7 Å². The lowest BCUT2D eigenvalue weighted by Crippen LogP contribution is -2.12. The van der Waals surface area contributed by atoms with Crippen LogP contribution in [0.3, 0.4) is 0 Å². The second-order valence-electron chi connectivity index (χ2n) is 6.22. The van der Waals surface area contributed by atoms with Crippen LogP contribution in [-0.2, 0) is 0 Å². The van der Waals surface area contributed by atoms with E-state index in [1.54, 1.807) is 7.11 Å². The number of nitrogens with one attached hydrogen (secondary N) is 1. The van der Waals surface area contributed by atoms with Gasteiger partial charge in [-0.1, -0.05) is 50.8 Å². The van der Waals surface area contributed by atoms with Crippen molar-refractivity contribution in [2.75, 3.05) is 32.2 Å². The van der Waals surface area contributed by atoms with Crippen molar-refractivity contribution < 1.29 is 14.2 Å². The van der Waals surface area contributed by atoms with Crippen LogP contribution in [0.15, 0.2) is 48.5 Å². The first-order valence-electron chi connectivity index (χ1n) is 9.56. The number of anilines is 1. The molecule has 2 rings (SSSR count). The summed E-state index contributed by atoms with van der Waals surface area (Å²) in [7, 11) is 1.65. The molecular formula is C22H31NO3. The summed E-state index contributed by atoms with van der Waals surface area (Å²) in [5.41, 5.74) is 1.04. The molecule has 4 heteroatoms. The van der Waals surface area contributed by atoms with Crippen LogP contribution in [0.4, 0.5) is 5.69 Å². The highest BCUT2D eigenvalue weighted by Crippen LogP contribution is 2.25. The Kier molecular flexibility index (Phi) is 9.26. The zero-order valence-corrected chi connectivity index (χ0v) is 16.0. The molecule has 0 amide bonds. The number of para-hydroxylation sites is 2. The van der Waals surface area contributed by atoms with Gasteiger partial charge in [0, 0.05) is 18.3 Å². The molecule has 0 aliphatic rings. The van der Waals surface area contributed by atoms with Crippen molar-refractivity contribution in [2.45, 2.75) is 39.0 Å². The molecule has 0 aromatic heterocycles. The minimum absolute atomic E-state index is 0.558. The number of ether oxygens (including phenoxy) is 3. The second-order valence-corrected chi connectivity index (χ2v) is 6.22. The molecule has 2 aromatic carbocycles. The topological polar surface area (TPSA) is 39.7 Å². The molecule has 26 heavy (non-hydrogen) atoms. The van der Waals surface area contributed by atoms with Crippen molar-refractivity contribution in [3.63, 3.8) is 0 Å². The van der Waals surface area contributed by atoms with Crippen LogP contribution in [0.25, 0.3) is 0 Å². The predicted molar refractivity (Wildman–Crippen MR) is 108 cm³/mol. The first kappa shape index (κ1) is 20.0. The SMILES string of the molecule is CCCCCCCOc1cccc(NCCOc2ccccc2OC)c1. The number of rotatable bonds is 13. The van der Waals surface area contributed by atoms with Gasteiger partial charge in [0.1, 0.15) is 12.4 Å². The third-order valence-electron chi connectivity index (χ3n) is 4.11. The normalized spacial score (nSPS) is 10.4. The van der Waals surface area contributed by atoms with Crippen molar-refractivity contribution in [3.05, 3.63) is 48.5 Å². The summed E-state index contributed by atoms with van der Waals surface area (Å²) in [4.78, 5) is 0. The van der Waals surface area contributed by atoms with Gasteiger partial charge < -0.3 is 19.5 Å². The molecule has 4 nitrogen and oxygen atoms in total. The maximum absolute atomic E-state index is 5.84. The summed E-state index contributed by atoms with van der Waals surface area (Å²) in [6, 6.07) is 15.8. The molecule has 0 spiro atoms. The van der Waals surface area contributed by atoms with Crippen molar-refractivity contribution >= 4 is 5.69 Å². The van der Waals surface area contributed by atoms with Crippen molar-refractivity contribution in [3.8, 4) is 17.2 Å². The van der Waals surface area contributed by atoms with Gasteiger partial charge in [0.2, 0.25) is 0 Å². The lowest BCUT2D eigenvalue weighted by atomic mass is 10.2. The minimum atomic E-state index is 0.558. The fraction of sp³-hybridized carbons (Fsp3) is 0.455. The van der Waals surface area contributed by atoms with Crippen LogP contribution in [-0.4, -0.2) is 26.9 Å². The minimum Gasteiger partial charge on any atom is -0.494 e. The Bertz CT molecular complexity index is 630. The summed E-state index contributed by atoms with van der Waals surface area (Å²) in [6.07, 6.45) is 6.25. The van der Waals surface area contributed by atoms with Gasteiger partial charge in [-0.15, -0.1) is 0 Å². The molecule has 0 aliphatic heterocycles. The van der Waals surface area contributed by atoms with E-state index in [9.17, 15) is 0 Å². The smallest absolute Gasteiger partial charge is 0.161 e. The van der Waals surface area contributed by atoms with Crippen LogP contribution < -0.4 is 19.5 Å². The van der Waals surface area contributed by atoms with E-state index in [1.807, 2.05) is 48.5 Å². The molecule has 0 unspecified atom stereocenters. The number of hydrogen-bond donors (Lipinski definition) is 1. The molecule has 0 radical (unpaired) electrons. The Balaban J connectivity index is 1.68. The lowest BCUT2D eigenvalue weighted by Gasteiger charge is -2.12. The van der Waals surface area contributed by atoms with Gasteiger partial charge >= 0.3 is 0 Å². The fourth-order valence-corrected chi connectivity index (χ4v) is 2.69. The monoisotopic (exact) mass is 357 g/mol. The standard InChI is InChI=1S/C22H31NO3/c1-3-4-5-6-9-16-25-20-12-10-11-19(18-20)23-15-17-26-22-14-8-7-13-21(22)24-2/h7-8,10-14,18,23H,3-6,9,15-17H2,1-2H3. The highest BCUT2D eigenvalue weighted by Gasteiger charge is 2.02. The summed E-state index contributed by atoms with van der Waals surface area (Å²) >= 11 is 0. The summed E-state index contributed by atoms with van der Waals surface area (Å²) in [6.45, 7) is 4.28. The van der Waals surface area contributed by atoms with Crippen LogP contribution >= 0.6 is 0 Å². The average Bonchev–Trinajstić information content (AvgIpc) is 2.68. The van der Waals surface area contributed by atoms with Crippen LogP contribution in [0, 0.1) is 0 Å². The third-order valence-corrected chi connectivity index (χ3v) is 4.11. The van der Waals surface area contributed by atoms with Gasteiger partial charge in [-0.2, -0.15) is 0 Å². The predicted octanol–water partition coefficient (Wildman–Crippen LogP) is 5.54. The highest BCUT2D eigenvalue weighted by molar-refractivity contribution is 5.48. The lowest BCUT2D eigenvalue weighted by molar-refractivity contribution is 0.303. The Morgan fingerprint density at radius 2 is 1.62 bits per heavy atom. The zero-order valence-electron chi connectivity index (χ0n) is 16.0. The van der Waals surface area contributed by atoms with E-state index in [0.29, 0.717) is 13.2 Å². The van der Waals surface area contributed by atoms with E-state index in [0.717, 1.165) is 36.0 Å². The molecule has 142 valence electrons. The Labute approximate surface area is 157 Å². The Morgan fingerprint density at radius 1 is 0.808 bits per heavy atom. The first-order chi connectivity index (χ1) is 12.8. The quantitative estimate of drug-likeness (QED) is 0.478. The van der Waals surface area contributed by atoms with Gasteiger partial charge in [0.25, 0.3) is 0 Å². The molecule has 0 heterocycles. The Hall–Kier alpha value is -2.36. The molecule has 0 bridgehead atoms. The first-order valence-corrected chi connectivity index (χ1v) is 9.56. The van der Waals surface area contributed by atoms with Crippen LogP contribution in [0.1, 0.15) is 39.0 Å². The van der Waals surface area contributed by atoms with E-state index in [-0.39, 0.29) is 0 Å². The highest BCUT2D eigenvalue weighted by atomic mass is 16.5. The fourth-order valence-electron chi connectivity index (χ4n) is 2.69. The maximum atomic E-state index is 5.84. The molecule has 0 atom stereocenters. The number of methoxy groups -OCH3 is 1. The molecular weight excluding hydrogens is 326 g/mol. The van der Waals surface area contributed by atoms with Gasteiger partial charge in [-0.25, -0.2) is 0 Å². The van der Waals surface area contributed by atoms with Crippen molar-refractivity contribution in [2.24, 2.45) is 0 Å². The summed E-state index contributed by atoms with van der Waals surface area (Å²) < 4.78 is 16.9. The molecule has 1 N–H and O–H groups in total. The van der Waals surface area contributed by atoms with Gasteiger partial charge in [-0.3, -0.25) is 0 Å². The van der Waals surface area contributed by atoms with Gasteiger partial charge in [-0.05, 0) is 30.7 Å². The number of hydrogen-bond acceptors (Lipinski definition) is 4. The van der Waals surface area contributed by atoms with E-state index >= 15 is 0 Å². The molecule has 0 saturated heterocycles. The zero-order chi connectivity index (χ0) is 18.5. The van der Waals surface area contributed by atoms with E-state index in [4.69, 9.17) is 14.2 Å². The van der Waals surface area contributed by atoms with E-state index in [2.05, 4.69) is 12.2 Å². The van der Waals surface area contributed by atoms with Crippen molar-refractivity contribution in [1.82, 2.24) is 0 Å². The van der Waals surface area contributed by atoms with Crippen LogP contribution in [0.2, 0.25) is 0 Å².